The zero-order valence-corrected chi connectivity index (χ0v) is 19.7. The van der Waals surface area contributed by atoms with Gasteiger partial charge in [-0.3, -0.25) is 9.59 Å². The fraction of sp³-hybridized carbons (Fsp3) is 0.478. The molecule has 7 heteroatoms. The van der Waals surface area contributed by atoms with Crippen LogP contribution in [0.15, 0.2) is 40.2 Å². The molecule has 2 aromatic rings. The van der Waals surface area contributed by atoms with Crippen molar-refractivity contribution >= 4 is 39.1 Å². The number of halogens is 1. The lowest BCUT2D eigenvalue weighted by molar-refractivity contribution is -0.134. The standard InChI is InChI=1S/C23H27BrN2O3S/c1-25(14-16-11-12-21(24)30-16)23(28)19-13-15-7-3-5-9-18(15)26(19)22(27)17-8-4-6-10-20(17)29-2/h4,6,8,10-12,15,18-19H,3,5,7,9,13-14H2,1-2H3. The third-order valence-corrected chi connectivity index (χ3v) is 7.95. The average molecular weight is 491 g/mol. The van der Waals surface area contributed by atoms with Gasteiger partial charge in [-0.25, -0.2) is 0 Å². The molecule has 30 heavy (non-hydrogen) atoms. The fourth-order valence-corrected chi connectivity index (χ4v) is 6.47. The summed E-state index contributed by atoms with van der Waals surface area (Å²) in [6.45, 7) is 0.553. The lowest BCUT2D eigenvalue weighted by atomic mass is 9.84. The number of thiophene rings is 1. The van der Waals surface area contributed by atoms with E-state index in [0.29, 0.717) is 23.8 Å². The number of ether oxygens (including phenoxy) is 1. The lowest BCUT2D eigenvalue weighted by Crippen LogP contribution is -2.49. The number of methoxy groups -OCH3 is 1. The predicted molar refractivity (Wildman–Crippen MR) is 122 cm³/mol. The number of para-hydroxylation sites is 1. The molecular weight excluding hydrogens is 464 g/mol. The number of amides is 2. The number of nitrogens with zero attached hydrogens (tertiary/aromatic N) is 2. The number of likely N-dealkylation sites (tertiary alicyclic amines) is 1. The topological polar surface area (TPSA) is 49.9 Å². The first-order chi connectivity index (χ1) is 14.5. The van der Waals surface area contributed by atoms with Gasteiger partial charge >= 0.3 is 0 Å². The molecular formula is C23H27BrN2O3S. The second-order valence-corrected chi connectivity index (χ2v) is 10.7. The van der Waals surface area contributed by atoms with E-state index in [0.717, 1.165) is 34.3 Å². The van der Waals surface area contributed by atoms with Gasteiger partial charge in [-0.05, 0) is 65.4 Å². The zero-order chi connectivity index (χ0) is 21.3. The van der Waals surface area contributed by atoms with Gasteiger partial charge in [0.2, 0.25) is 5.91 Å². The number of benzene rings is 1. The summed E-state index contributed by atoms with van der Waals surface area (Å²) in [6.07, 6.45) is 5.10. The van der Waals surface area contributed by atoms with Crippen molar-refractivity contribution in [1.82, 2.24) is 9.80 Å². The van der Waals surface area contributed by atoms with Crippen LogP contribution in [0.3, 0.4) is 0 Å². The van der Waals surface area contributed by atoms with Gasteiger partial charge in [0.1, 0.15) is 11.8 Å². The van der Waals surface area contributed by atoms with Crippen LogP contribution in [-0.2, 0) is 11.3 Å². The Morgan fingerprint density at radius 2 is 1.97 bits per heavy atom. The predicted octanol–water partition coefficient (Wildman–Crippen LogP) is 4.95. The Morgan fingerprint density at radius 1 is 1.20 bits per heavy atom. The smallest absolute Gasteiger partial charge is 0.258 e. The zero-order valence-electron chi connectivity index (χ0n) is 17.3. The van der Waals surface area contributed by atoms with E-state index in [4.69, 9.17) is 4.74 Å². The molecule has 2 fully saturated rings. The molecule has 0 bridgehead atoms. The summed E-state index contributed by atoms with van der Waals surface area (Å²) >= 11 is 5.12. The van der Waals surface area contributed by atoms with E-state index in [1.54, 1.807) is 35.5 Å². The van der Waals surface area contributed by atoms with E-state index in [1.165, 1.54) is 6.42 Å². The normalized spacial score (nSPS) is 23.2. The van der Waals surface area contributed by atoms with Gasteiger partial charge in [-0.15, -0.1) is 11.3 Å². The Balaban J connectivity index is 1.61. The third-order valence-electron chi connectivity index (χ3n) is 6.34. The number of likely N-dealkylation sites (N-methyl/N-ethyl adjacent to an activating group) is 1. The Kier molecular flexibility index (Phi) is 6.48. The Morgan fingerprint density at radius 3 is 2.70 bits per heavy atom. The van der Waals surface area contributed by atoms with Crippen LogP contribution in [0.25, 0.3) is 0 Å². The number of carbonyl (C=O) groups excluding carboxylic acids is 2. The van der Waals surface area contributed by atoms with E-state index >= 15 is 0 Å². The maximum absolute atomic E-state index is 13.7. The summed E-state index contributed by atoms with van der Waals surface area (Å²) in [7, 11) is 3.42. The molecule has 0 N–H and O–H groups in total. The number of carbonyl (C=O) groups is 2. The molecule has 1 aromatic carbocycles. The van der Waals surface area contributed by atoms with Crippen molar-refractivity contribution in [2.45, 2.75) is 50.7 Å². The fourth-order valence-electron chi connectivity index (χ4n) is 4.94. The van der Waals surface area contributed by atoms with E-state index in [9.17, 15) is 9.59 Å². The van der Waals surface area contributed by atoms with Gasteiger partial charge in [-0.2, -0.15) is 0 Å². The van der Waals surface area contributed by atoms with Crippen molar-refractivity contribution in [3.05, 3.63) is 50.6 Å². The Labute approximate surface area is 190 Å². The molecule has 1 aliphatic carbocycles. The molecule has 1 saturated heterocycles. The summed E-state index contributed by atoms with van der Waals surface area (Å²) in [4.78, 5) is 31.9. The second-order valence-electron chi connectivity index (χ2n) is 8.18. The Hall–Kier alpha value is -1.86. The molecule has 3 atom stereocenters. The van der Waals surface area contributed by atoms with Crippen LogP contribution in [0.2, 0.25) is 0 Å². The number of rotatable bonds is 5. The molecule has 3 unspecified atom stereocenters. The van der Waals surface area contributed by atoms with Gasteiger partial charge in [0.25, 0.3) is 5.91 Å². The third kappa shape index (κ3) is 4.14. The molecule has 2 aliphatic rings. The molecule has 0 radical (unpaired) electrons. The van der Waals surface area contributed by atoms with Gasteiger partial charge < -0.3 is 14.5 Å². The highest BCUT2D eigenvalue weighted by molar-refractivity contribution is 9.11. The molecule has 0 spiro atoms. The minimum atomic E-state index is -0.413. The first kappa shape index (κ1) is 21.4. The van der Waals surface area contributed by atoms with Crippen molar-refractivity contribution in [3.8, 4) is 5.75 Å². The molecule has 5 nitrogen and oxygen atoms in total. The highest BCUT2D eigenvalue weighted by Crippen LogP contribution is 2.41. The summed E-state index contributed by atoms with van der Waals surface area (Å²) in [5, 5.41) is 0. The number of fused-ring (bicyclic) bond motifs is 1. The van der Waals surface area contributed by atoms with Crippen LogP contribution in [0, 0.1) is 5.92 Å². The quantitative estimate of drug-likeness (QED) is 0.595. The molecule has 1 aliphatic heterocycles. The van der Waals surface area contributed by atoms with E-state index < -0.39 is 6.04 Å². The molecule has 1 aromatic heterocycles. The maximum atomic E-state index is 13.7. The van der Waals surface area contributed by atoms with Crippen molar-refractivity contribution < 1.29 is 14.3 Å². The van der Waals surface area contributed by atoms with Gasteiger partial charge in [0.05, 0.1) is 23.0 Å². The SMILES string of the molecule is COc1ccccc1C(=O)N1C(C(=O)N(C)Cc2ccc(Br)s2)CC2CCCCC21. The molecule has 4 rings (SSSR count). The van der Waals surface area contributed by atoms with E-state index in [2.05, 4.69) is 15.9 Å². The van der Waals surface area contributed by atoms with Gasteiger partial charge in [0.15, 0.2) is 0 Å². The molecule has 160 valence electrons. The molecule has 2 amide bonds. The van der Waals surface area contributed by atoms with E-state index in [1.807, 2.05) is 36.2 Å². The summed E-state index contributed by atoms with van der Waals surface area (Å²) in [6, 6.07) is 11.1. The molecule has 1 saturated carbocycles. The Bertz CT molecular complexity index is 931. The number of hydrogen-bond donors (Lipinski definition) is 0. The van der Waals surface area contributed by atoms with Crippen molar-refractivity contribution in [2.75, 3.05) is 14.2 Å². The summed E-state index contributed by atoms with van der Waals surface area (Å²) in [5.74, 6) is 0.894. The highest BCUT2D eigenvalue weighted by Gasteiger charge is 2.48. The monoisotopic (exact) mass is 490 g/mol. The van der Waals surface area contributed by atoms with E-state index in [-0.39, 0.29) is 17.9 Å². The van der Waals surface area contributed by atoms with Crippen LogP contribution in [0.5, 0.6) is 5.75 Å². The van der Waals surface area contributed by atoms with Crippen LogP contribution < -0.4 is 4.74 Å². The minimum Gasteiger partial charge on any atom is -0.496 e. The molecule has 2 heterocycles. The highest BCUT2D eigenvalue weighted by atomic mass is 79.9. The van der Waals surface area contributed by atoms with Crippen molar-refractivity contribution in [2.24, 2.45) is 5.92 Å². The van der Waals surface area contributed by atoms with Crippen LogP contribution in [0.4, 0.5) is 0 Å². The van der Waals surface area contributed by atoms with Crippen molar-refractivity contribution in [1.29, 1.82) is 0 Å². The van der Waals surface area contributed by atoms with Gasteiger partial charge in [0, 0.05) is 18.0 Å². The largest absolute Gasteiger partial charge is 0.496 e. The van der Waals surface area contributed by atoms with Crippen LogP contribution in [-0.4, -0.2) is 47.9 Å². The first-order valence-corrected chi connectivity index (χ1v) is 12.1. The second kappa shape index (κ2) is 9.10. The average Bonchev–Trinajstić information content (AvgIpc) is 3.35. The van der Waals surface area contributed by atoms with Crippen LogP contribution in [0.1, 0.15) is 47.3 Å². The summed E-state index contributed by atoms with van der Waals surface area (Å²) in [5.41, 5.74) is 0.536. The van der Waals surface area contributed by atoms with Crippen molar-refractivity contribution in [3.63, 3.8) is 0 Å². The van der Waals surface area contributed by atoms with Gasteiger partial charge in [-0.1, -0.05) is 25.0 Å². The summed E-state index contributed by atoms with van der Waals surface area (Å²) < 4.78 is 6.49. The number of hydrogen-bond acceptors (Lipinski definition) is 4. The lowest BCUT2D eigenvalue weighted by Gasteiger charge is -2.35. The minimum absolute atomic E-state index is 0.0252. The maximum Gasteiger partial charge on any atom is 0.258 e. The van der Waals surface area contributed by atoms with Crippen LogP contribution >= 0.6 is 27.3 Å². The first-order valence-electron chi connectivity index (χ1n) is 10.4.